The van der Waals surface area contributed by atoms with E-state index in [1.54, 1.807) is 25.8 Å². The van der Waals surface area contributed by atoms with Gasteiger partial charge in [-0.3, -0.25) is 9.78 Å². The molecule has 2 fully saturated rings. The number of ether oxygens (including phenoxy) is 1. The minimum absolute atomic E-state index is 0.0885. The summed E-state index contributed by atoms with van der Waals surface area (Å²) in [7, 11) is 1.67. The highest BCUT2D eigenvalue weighted by atomic mass is 16.5. The third-order valence-corrected chi connectivity index (χ3v) is 7.02. The summed E-state index contributed by atoms with van der Waals surface area (Å²) in [4.78, 5) is 37.7. The average molecular weight is 471 g/mol. The topological polar surface area (TPSA) is 136 Å². The molecule has 0 radical (unpaired) electrons. The standard InChI is InChI=1S/C22H30N8O4/c1-14-16(13-34-20(14)32)30-10-7-22(21(30)33)5-8-29(9-6-22)12-17(31)19-15(2)25-18(11-24-19)28(4)27-26-23-3/h11,17,31H,3,5-10,12-13H2,1-2,4H3/b27-26-/t17-/m1/s1. The Morgan fingerprint density at radius 3 is 2.59 bits per heavy atom. The molecule has 0 bridgehead atoms. The van der Waals surface area contributed by atoms with Gasteiger partial charge in [-0.1, -0.05) is 0 Å². The van der Waals surface area contributed by atoms with Crippen LogP contribution in [0.25, 0.3) is 0 Å². The number of likely N-dealkylation sites (tertiary alicyclic amines) is 2. The van der Waals surface area contributed by atoms with Crippen LogP contribution in [-0.2, 0) is 14.3 Å². The second-order valence-electron chi connectivity index (χ2n) is 8.99. The number of aryl methyl sites for hydroxylation is 1. The van der Waals surface area contributed by atoms with Crippen molar-refractivity contribution in [2.45, 2.75) is 39.2 Å². The number of carbonyl (C=O) groups excluding carboxylic acids is 2. The zero-order chi connectivity index (χ0) is 24.5. The van der Waals surface area contributed by atoms with E-state index in [4.69, 9.17) is 4.74 Å². The van der Waals surface area contributed by atoms with E-state index in [1.165, 1.54) is 11.2 Å². The molecule has 4 rings (SSSR count). The summed E-state index contributed by atoms with van der Waals surface area (Å²) in [5, 5.41) is 22.8. The maximum absolute atomic E-state index is 13.3. The third kappa shape index (κ3) is 4.42. The number of carbonyl (C=O) groups is 2. The molecule has 12 nitrogen and oxygen atoms in total. The van der Waals surface area contributed by atoms with Crippen LogP contribution >= 0.6 is 0 Å². The van der Waals surface area contributed by atoms with Crippen molar-refractivity contribution in [3.8, 4) is 0 Å². The number of hydrogen-bond acceptors (Lipinski definition) is 9. The molecule has 3 aliphatic rings. The fourth-order valence-electron chi connectivity index (χ4n) is 4.88. The number of esters is 1. The van der Waals surface area contributed by atoms with Crippen molar-refractivity contribution in [1.82, 2.24) is 19.8 Å². The number of aliphatic hydroxyl groups excluding tert-OH is 1. The highest BCUT2D eigenvalue weighted by Crippen LogP contribution is 2.43. The molecule has 0 saturated carbocycles. The summed E-state index contributed by atoms with van der Waals surface area (Å²) in [6.45, 7) is 9.34. The van der Waals surface area contributed by atoms with Gasteiger partial charge in [0.1, 0.15) is 12.7 Å². The lowest BCUT2D eigenvalue weighted by Gasteiger charge is -2.38. The number of aromatic nitrogens is 2. The first kappa shape index (κ1) is 23.9. The molecular formula is C22H30N8O4. The van der Waals surface area contributed by atoms with Crippen molar-refractivity contribution >= 4 is 24.4 Å². The Kier molecular flexibility index (Phi) is 6.71. The Balaban J connectivity index is 1.35. The molecule has 1 aromatic rings. The number of hydrogen-bond donors (Lipinski definition) is 1. The molecule has 182 valence electrons. The highest BCUT2D eigenvalue weighted by Gasteiger charge is 2.50. The molecule has 1 aromatic heterocycles. The van der Waals surface area contributed by atoms with E-state index < -0.39 is 11.5 Å². The number of amides is 1. The summed E-state index contributed by atoms with van der Waals surface area (Å²) in [6.07, 6.45) is 2.92. The lowest BCUT2D eigenvalue weighted by atomic mass is 9.77. The molecule has 1 N–H and O–H groups in total. The third-order valence-electron chi connectivity index (χ3n) is 7.02. The molecule has 4 heterocycles. The summed E-state index contributed by atoms with van der Waals surface area (Å²) in [5.74, 6) is 0.221. The van der Waals surface area contributed by atoms with Gasteiger partial charge in [0.2, 0.25) is 5.91 Å². The number of piperidine rings is 1. The van der Waals surface area contributed by atoms with Crippen LogP contribution in [0, 0.1) is 12.3 Å². The van der Waals surface area contributed by atoms with E-state index in [9.17, 15) is 14.7 Å². The zero-order valence-electron chi connectivity index (χ0n) is 19.8. The Bertz CT molecular complexity index is 1050. The number of aliphatic hydroxyl groups is 1. The fraction of sp³-hybridized carbons (Fsp3) is 0.591. The van der Waals surface area contributed by atoms with Crippen LogP contribution < -0.4 is 5.01 Å². The van der Waals surface area contributed by atoms with Crippen molar-refractivity contribution in [3.63, 3.8) is 0 Å². The van der Waals surface area contributed by atoms with Crippen molar-refractivity contribution in [2.24, 2.45) is 21.0 Å². The van der Waals surface area contributed by atoms with E-state index >= 15 is 0 Å². The van der Waals surface area contributed by atoms with Crippen molar-refractivity contribution in [3.05, 3.63) is 28.9 Å². The number of β-amino-alcohol motifs (C(OH)–C–C–N with tert-alkyl or cyclic N) is 1. The number of cyclic esters (lactones) is 1. The molecule has 0 aromatic carbocycles. The quantitative estimate of drug-likeness (QED) is 0.273. The first-order valence-corrected chi connectivity index (χ1v) is 11.3. The molecule has 12 heteroatoms. The van der Waals surface area contributed by atoms with Gasteiger partial charge in [0.25, 0.3) is 0 Å². The van der Waals surface area contributed by atoms with Crippen molar-refractivity contribution in [1.29, 1.82) is 0 Å². The predicted molar refractivity (Wildman–Crippen MR) is 123 cm³/mol. The summed E-state index contributed by atoms with van der Waals surface area (Å²) in [5.41, 5.74) is 1.94. The Morgan fingerprint density at radius 1 is 1.26 bits per heavy atom. The van der Waals surface area contributed by atoms with Crippen LogP contribution in [0.3, 0.4) is 0 Å². The van der Waals surface area contributed by atoms with Gasteiger partial charge in [0, 0.05) is 26.9 Å². The van der Waals surface area contributed by atoms with Crippen LogP contribution in [-0.4, -0.2) is 83.3 Å². The van der Waals surface area contributed by atoms with Crippen LogP contribution in [0.15, 0.2) is 33.0 Å². The lowest BCUT2D eigenvalue weighted by molar-refractivity contribution is -0.138. The van der Waals surface area contributed by atoms with E-state index in [-0.39, 0.29) is 18.5 Å². The minimum Gasteiger partial charge on any atom is -0.456 e. The van der Waals surface area contributed by atoms with Crippen molar-refractivity contribution in [2.75, 3.05) is 44.8 Å². The second-order valence-corrected chi connectivity index (χ2v) is 8.99. The normalized spacial score (nSPS) is 21.6. The maximum atomic E-state index is 13.3. The molecular weight excluding hydrogens is 440 g/mol. The Labute approximate surface area is 198 Å². The molecule has 1 spiro atoms. The SMILES string of the molecule is C=N/N=N\N(C)c1cnc([C@H](O)CN2CCC3(CC2)CCN(C2=C(C)C(=O)OC2)C3=O)c(C)n1. The van der Waals surface area contributed by atoms with Crippen LogP contribution in [0.1, 0.15) is 43.7 Å². The average Bonchev–Trinajstić information content (AvgIpc) is 3.32. The minimum atomic E-state index is -0.803. The summed E-state index contributed by atoms with van der Waals surface area (Å²) in [6, 6.07) is 0. The largest absolute Gasteiger partial charge is 0.456 e. The number of nitrogens with zero attached hydrogens (tertiary/aromatic N) is 8. The van der Waals surface area contributed by atoms with Gasteiger partial charge < -0.3 is 19.6 Å². The maximum Gasteiger partial charge on any atom is 0.336 e. The van der Waals surface area contributed by atoms with E-state index in [1.807, 2.05) is 0 Å². The number of rotatable bonds is 7. The molecule has 0 aliphatic carbocycles. The van der Waals surface area contributed by atoms with Crippen LogP contribution in [0.4, 0.5) is 5.82 Å². The van der Waals surface area contributed by atoms with Gasteiger partial charge in [-0.2, -0.15) is 0 Å². The molecule has 1 atom stereocenters. The molecule has 2 saturated heterocycles. The van der Waals surface area contributed by atoms with E-state index in [0.29, 0.717) is 67.5 Å². The summed E-state index contributed by atoms with van der Waals surface area (Å²) >= 11 is 0. The number of anilines is 1. The van der Waals surface area contributed by atoms with Gasteiger partial charge in [0.15, 0.2) is 5.82 Å². The van der Waals surface area contributed by atoms with E-state index in [2.05, 4.69) is 37.1 Å². The monoisotopic (exact) mass is 470 g/mol. The molecule has 0 unspecified atom stereocenters. The predicted octanol–water partition coefficient (Wildman–Crippen LogP) is 1.38. The fourth-order valence-corrected chi connectivity index (χ4v) is 4.88. The zero-order valence-corrected chi connectivity index (χ0v) is 19.8. The summed E-state index contributed by atoms with van der Waals surface area (Å²) < 4.78 is 5.09. The van der Waals surface area contributed by atoms with Crippen molar-refractivity contribution < 1.29 is 19.4 Å². The van der Waals surface area contributed by atoms with Gasteiger partial charge in [-0.25, -0.2) is 14.8 Å². The van der Waals surface area contributed by atoms with Gasteiger partial charge in [0.05, 0.1) is 34.3 Å². The molecule has 3 aliphatic heterocycles. The van der Waals surface area contributed by atoms with Crippen LogP contribution in [0.2, 0.25) is 0 Å². The molecule has 1 amide bonds. The van der Waals surface area contributed by atoms with Gasteiger partial charge >= 0.3 is 5.97 Å². The Morgan fingerprint density at radius 2 is 1.97 bits per heavy atom. The smallest absolute Gasteiger partial charge is 0.336 e. The van der Waals surface area contributed by atoms with Gasteiger partial charge in [-0.05, 0) is 56.6 Å². The molecule has 34 heavy (non-hydrogen) atoms. The van der Waals surface area contributed by atoms with Gasteiger partial charge in [-0.15, -0.1) is 5.10 Å². The lowest BCUT2D eigenvalue weighted by Crippen LogP contribution is -2.45. The highest BCUT2D eigenvalue weighted by molar-refractivity contribution is 5.94. The van der Waals surface area contributed by atoms with Crippen LogP contribution in [0.5, 0.6) is 0 Å². The van der Waals surface area contributed by atoms with E-state index in [0.717, 1.165) is 6.42 Å². The second kappa shape index (κ2) is 9.55. The first-order chi connectivity index (χ1) is 16.3. The first-order valence-electron chi connectivity index (χ1n) is 11.3. The Hall–Kier alpha value is -3.25.